The molecule has 0 amide bonds. The van der Waals surface area contributed by atoms with Crippen LogP contribution < -0.4 is 10.6 Å². The summed E-state index contributed by atoms with van der Waals surface area (Å²) in [6.07, 6.45) is 1.89. The lowest BCUT2D eigenvalue weighted by molar-refractivity contribution is -0.385. The average molecular weight is 311 g/mol. The molecule has 0 unspecified atom stereocenters. The molecule has 1 aliphatic heterocycles. The minimum Gasteiger partial charge on any atom is -0.384 e. The Morgan fingerprint density at radius 2 is 2.14 bits per heavy atom. The summed E-state index contributed by atoms with van der Waals surface area (Å²) >= 11 is 0. The van der Waals surface area contributed by atoms with E-state index in [-0.39, 0.29) is 11.1 Å². The number of hydrogen-bond acceptors (Lipinski definition) is 5. The Morgan fingerprint density at radius 1 is 1.45 bits per heavy atom. The van der Waals surface area contributed by atoms with Crippen LogP contribution in [-0.4, -0.2) is 38.3 Å². The van der Waals surface area contributed by atoms with Crippen LogP contribution in [0.1, 0.15) is 18.4 Å². The lowest BCUT2D eigenvalue weighted by Gasteiger charge is -2.37. The number of nitrogens with one attached hydrogen (secondary N) is 2. The van der Waals surface area contributed by atoms with Crippen molar-refractivity contribution in [2.45, 2.75) is 19.8 Å². The SMILES string of the molecule is COCC1(CNc2cc(C)c([N+](=O)[O-])cc2F)CCNCC1. The Labute approximate surface area is 129 Å². The molecular formula is C15H22FN3O3. The van der Waals surface area contributed by atoms with E-state index in [1.54, 1.807) is 14.0 Å². The number of halogens is 1. The van der Waals surface area contributed by atoms with Gasteiger partial charge in [0.25, 0.3) is 5.69 Å². The van der Waals surface area contributed by atoms with Gasteiger partial charge in [-0.15, -0.1) is 0 Å². The maximum Gasteiger partial charge on any atom is 0.275 e. The third-order valence-electron chi connectivity index (χ3n) is 4.25. The number of nitro groups is 1. The van der Waals surface area contributed by atoms with Gasteiger partial charge in [-0.2, -0.15) is 0 Å². The second kappa shape index (κ2) is 7.02. The summed E-state index contributed by atoms with van der Waals surface area (Å²) in [7, 11) is 1.67. The smallest absolute Gasteiger partial charge is 0.275 e. The standard InChI is InChI=1S/C15H22FN3O3/c1-11-7-13(12(16)8-14(11)19(20)21)18-9-15(10-22-2)3-5-17-6-4-15/h7-8,17-18H,3-6,9-10H2,1-2H3. The summed E-state index contributed by atoms with van der Waals surface area (Å²) in [5.74, 6) is -0.598. The van der Waals surface area contributed by atoms with E-state index in [0.29, 0.717) is 24.4 Å². The van der Waals surface area contributed by atoms with Crippen LogP contribution in [0.25, 0.3) is 0 Å². The Bertz CT molecular complexity index is 540. The molecule has 2 rings (SSSR count). The summed E-state index contributed by atoms with van der Waals surface area (Å²) in [5.41, 5.74) is 0.510. The van der Waals surface area contributed by atoms with E-state index < -0.39 is 10.7 Å². The first-order chi connectivity index (χ1) is 10.5. The first-order valence-electron chi connectivity index (χ1n) is 7.35. The van der Waals surface area contributed by atoms with Gasteiger partial charge in [0.05, 0.1) is 23.3 Å². The fourth-order valence-electron chi connectivity index (χ4n) is 2.92. The van der Waals surface area contributed by atoms with E-state index in [0.717, 1.165) is 32.0 Å². The van der Waals surface area contributed by atoms with Crippen LogP contribution in [0.3, 0.4) is 0 Å². The van der Waals surface area contributed by atoms with Crippen molar-refractivity contribution in [2.75, 3.05) is 38.7 Å². The molecule has 0 aromatic heterocycles. The van der Waals surface area contributed by atoms with Gasteiger partial charge in [0.15, 0.2) is 5.82 Å². The van der Waals surface area contributed by atoms with Gasteiger partial charge in [0.2, 0.25) is 0 Å². The van der Waals surface area contributed by atoms with Gasteiger partial charge in [-0.3, -0.25) is 10.1 Å². The molecule has 2 N–H and O–H groups in total. The maximum absolute atomic E-state index is 14.0. The quantitative estimate of drug-likeness (QED) is 0.623. The van der Waals surface area contributed by atoms with Crippen LogP contribution in [0, 0.1) is 28.3 Å². The number of aryl methyl sites for hydroxylation is 1. The van der Waals surface area contributed by atoms with Crippen molar-refractivity contribution in [2.24, 2.45) is 5.41 Å². The number of benzene rings is 1. The molecule has 1 fully saturated rings. The van der Waals surface area contributed by atoms with Gasteiger partial charge in [0, 0.05) is 24.6 Å². The molecule has 0 bridgehead atoms. The number of nitro benzene ring substituents is 1. The Morgan fingerprint density at radius 3 is 2.73 bits per heavy atom. The molecular weight excluding hydrogens is 289 g/mol. The number of piperidine rings is 1. The molecule has 1 aromatic rings. The molecule has 7 heteroatoms. The van der Waals surface area contributed by atoms with Crippen molar-refractivity contribution >= 4 is 11.4 Å². The molecule has 1 aliphatic rings. The summed E-state index contributed by atoms with van der Waals surface area (Å²) in [6, 6.07) is 2.47. The van der Waals surface area contributed by atoms with Crippen LogP contribution in [-0.2, 0) is 4.74 Å². The van der Waals surface area contributed by atoms with Gasteiger partial charge < -0.3 is 15.4 Å². The molecule has 0 saturated carbocycles. The van der Waals surface area contributed by atoms with Crippen molar-refractivity contribution < 1.29 is 14.1 Å². The molecule has 0 radical (unpaired) electrons. The van der Waals surface area contributed by atoms with E-state index in [1.165, 1.54) is 6.07 Å². The van der Waals surface area contributed by atoms with Crippen molar-refractivity contribution in [3.8, 4) is 0 Å². The number of anilines is 1. The number of ether oxygens (including phenoxy) is 1. The average Bonchev–Trinajstić information content (AvgIpc) is 2.49. The van der Waals surface area contributed by atoms with E-state index in [2.05, 4.69) is 10.6 Å². The Kier molecular flexibility index (Phi) is 5.31. The monoisotopic (exact) mass is 311 g/mol. The molecule has 0 aliphatic carbocycles. The summed E-state index contributed by atoms with van der Waals surface area (Å²) < 4.78 is 19.4. The maximum atomic E-state index is 14.0. The van der Waals surface area contributed by atoms with Gasteiger partial charge in [-0.25, -0.2) is 4.39 Å². The van der Waals surface area contributed by atoms with E-state index in [1.807, 2.05) is 0 Å². The van der Waals surface area contributed by atoms with Gasteiger partial charge in [-0.05, 0) is 38.9 Å². The molecule has 1 heterocycles. The van der Waals surface area contributed by atoms with Crippen LogP contribution in [0.15, 0.2) is 12.1 Å². The Hall–Kier alpha value is -1.73. The fraction of sp³-hybridized carbons (Fsp3) is 0.600. The molecule has 1 saturated heterocycles. The third kappa shape index (κ3) is 3.72. The van der Waals surface area contributed by atoms with Crippen molar-refractivity contribution in [1.82, 2.24) is 5.32 Å². The fourth-order valence-corrected chi connectivity index (χ4v) is 2.92. The van der Waals surface area contributed by atoms with Crippen molar-refractivity contribution in [1.29, 1.82) is 0 Å². The summed E-state index contributed by atoms with van der Waals surface area (Å²) in [6.45, 7) is 4.61. The van der Waals surface area contributed by atoms with Gasteiger partial charge >= 0.3 is 0 Å². The van der Waals surface area contributed by atoms with Crippen LogP contribution in [0.2, 0.25) is 0 Å². The topological polar surface area (TPSA) is 76.4 Å². The molecule has 0 spiro atoms. The number of rotatable bonds is 6. The Balaban J connectivity index is 2.13. The molecule has 1 aromatic carbocycles. The van der Waals surface area contributed by atoms with E-state index in [9.17, 15) is 14.5 Å². The second-order valence-corrected chi connectivity index (χ2v) is 5.91. The highest BCUT2D eigenvalue weighted by molar-refractivity contribution is 5.55. The second-order valence-electron chi connectivity index (χ2n) is 5.91. The van der Waals surface area contributed by atoms with Crippen LogP contribution in [0.5, 0.6) is 0 Å². The summed E-state index contributed by atoms with van der Waals surface area (Å²) in [4.78, 5) is 10.3. The highest BCUT2D eigenvalue weighted by Gasteiger charge is 2.32. The molecule has 22 heavy (non-hydrogen) atoms. The first-order valence-corrected chi connectivity index (χ1v) is 7.35. The zero-order valence-electron chi connectivity index (χ0n) is 12.9. The number of nitrogens with zero attached hydrogens (tertiary/aromatic N) is 1. The zero-order valence-corrected chi connectivity index (χ0v) is 12.9. The highest BCUT2D eigenvalue weighted by Crippen LogP contribution is 2.31. The number of hydrogen-bond donors (Lipinski definition) is 2. The van der Waals surface area contributed by atoms with E-state index in [4.69, 9.17) is 4.74 Å². The normalized spacial score (nSPS) is 17.2. The minimum absolute atomic E-state index is 0.0396. The van der Waals surface area contributed by atoms with Gasteiger partial charge in [-0.1, -0.05) is 0 Å². The van der Waals surface area contributed by atoms with Gasteiger partial charge in [0.1, 0.15) is 0 Å². The van der Waals surface area contributed by atoms with Crippen LogP contribution >= 0.6 is 0 Å². The first kappa shape index (κ1) is 16.6. The number of methoxy groups -OCH3 is 1. The van der Waals surface area contributed by atoms with Crippen molar-refractivity contribution in [3.05, 3.63) is 33.6 Å². The van der Waals surface area contributed by atoms with Crippen LogP contribution in [0.4, 0.5) is 15.8 Å². The summed E-state index contributed by atoms with van der Waals surface area (Å²) in [5, 5.41) is 17.2. The predicted molar refractivity (Wildman–Crippen MR) is 82.7 cm³/mol. The highest BCUT2D eigenvalue weighted by atomic mass is 19.1. The van der Waals surface area contributed by atoms with E-state index >= 15 is 0 Å². The largest absolute Gasteiger partial charge is 0.384 e. The molecule has 0 atom stereocenters. The van der Waals surface area contributed by atoms with Crippen molar-refractivity contribution in [3.63, 3.8) is 0 Å². The molecule has 122 valence electrons. The third-order valence-corrected chi connectivity index (χ3v) is 4.25. The zero-order chi connectivity index (χ0) is 16.2. The predicted octanol–water partition coefficient (Wildman–Crippen LogP) is 2.47. The lowest BCUT2D eigenvalue weighted by Crippen LogP contribution is -2.44. The lowest BCUT2D eigenvalue weighted by atomic mass is 9.79. The molecule has 6 nitrogen and oxygen atoms in total. The minimum atomic E-state index is -0.598.